The Bertz CT molecular complexity index is 762. The maximum absolute atomic E-state index is 11.8. The molecule has 6 nitrogen and oxygen atoms in total. The second kappa shape index (κ2) is 9.71. The van der Waals surface area contributed by atoms with E-state index in [0.717, 1.165) is 24.3 Å². The van der Waals surface area contributed by atoms with E-state index in [4.69, 9.17) is 18.9 Å². The molecule has 6 heteroatoms. The van der Waals surface area contributed by atoms with Crippen LogP contribution in [0.2, 0.25) is 0 Å². The lowest BCUT2D eigenvalue weighted by Crippen LogP contribution is -2.27. The molecule has 0 unspecified atom stereocenters. The van der Waals surface area contributed by atoms with Gasteiger partial charge < -0.3 is 24.3 Å². The van der Waals surface area contributed by atoms with Crippen molar-refractivity contribution in [1.82, 2.24) is 5.32 Å². The molecule has 0 radical (unpaired) electrons. The maximum atomic E-state index is 11.8. The van der Waals surface area contributed by atoms with E-state index >= 15 is 0 Å². The van der Waals surface area contributed by atoms with Crippen LogP contribution in [-0.4, -0.2) is 32.5 Å². The predicted octanol–water partition coefficient (Wildman–Crippen LogP) is 3.47. The van der Waals surface area contributed by atoms with Crippen LogP contribution in [0.15, 0.2) is 42.5 Å². The van der Waals surface area contributed by atoms with Gasteiger partial charge in [0, 0.05) is 12.5 Å². The van der Waals surface area contributed by atoms with Crippen molar-refractivity contribution in [2.45, 2.75) is 26.2 Å². The summed E-state index contributed by atoms with van der Waals surface area (Å²) in [6, 6.07) is 13.4. The number of hydrogen-bond acceptors (Lipinski definition) is 5. The van der Waals surface area contributed by atoms with Gasteiger partial charge in [-0.2, -0.15) is 0 Å². The van der Waals surface area contributed by atoms with Crippen LogP contribution in [0.1, 0.15) is 24.8 Å². The van der Waals surface area contributed by atoms with Gasteiger partial charge >= 0.3 is 0 Å². The van der Waals surface area contributed by atoms with Crippen molar-refractivity contribution in [1.29, 1.82) is 0 Å². The van der Waals surface area contributed by atoms with Crippen LogP contribution in [0.4, 0.5) is 0 Å². The van der Waals surface area contributed by atoms with Crippen LogP contribution in [0.3, 0.4) is 0 Å². The highest BCUT2D eigenvalue weighted by Crippen LogP contribution is 2.34. The highest BCUT2D eigenvalue weighted by molar-refractivity contribution is 5.75. The monoisotopic (exact) mass is 371 g/mol. The van der Waals surface area contributed by atoms with Crippen LogP contribution < -0.4 is 24.3 Å². The normalized spacial score (nSPS) is 11.9. The molecule has 0 saturated carbocycles. The van der Waals surface area contributed by atoms with Gasteiger partial charge in [0.1, 0.15) is 18.1 Å². The summed E-state index contributed by atoms with van der Waals surface area (Å²) in [5.41, 5.74) is 1.18. The Morgan fingerprint density at radius 3 is 2.70 bits per heavy atom. The fraction of sp³-hybridized carbons (Fsp3) is 0.381. The van der Waals surface area contributed by atoms with Gasteiger partial charge in [0.15, 0.2) is 11.5 Å². The molecule has 2 aromatic rings. The number of hydrogen-bond donors (Lipinski definition) is 1. The fourth-order valence-corrected chi connectivity index (χ4v) is 2.70. The smallest absolute Gasteiger partial charge is 0.231 e. The van der Waals surface area contributed by atoms with Gasteiger partial charge in [-0.15, -0.1) is 0 Å². The summed E-state index contributed by atoms with van der Waals surface area (Å²) in [6.07, 6.45) is 2.12. The van der Waals surface area contributed by atoms with Gasteiger partial charge in [0.05, 0.1) is 13.2 Å². The molecule has 3 rings (SSSR count). The van der Waals surface area contributed by atoms with E-state index in [-0.39, 0.29) is 12.7 Å². The summed E-state index contributed by atoms with van der Waals surface area (Å²) in [5, 5.41) is 2.86. The summed E-state index contributed by atoms with van der Waals surface area (Å²) in [7, 11) is 0. The molecule has 1 aliphatic rings. The van der Waals surface area contributed by atoms with Crippen molar-refractivity contribution < 1.29 is 23.7 Å². The van der Waals surface area contributed by atoms with Crippen molar-refractivity contribution in [3.05, 3.63) is 48.0 Å². The first-order valence-electron chi connectivity index (χ1n) is 9.19. The molecule has 0 spiro atoms. The van der Waals surface area contributed by atoms with Crippen molar-refractivity contribution in [2.24, 2.45) is 0 Å². The van der Waals surface area contributed by atoms with Crippen molar-refractivity contribution in [3.63, 3.8) is 0 Å². The molecule has 0 fully saturated rings. The summed E-state index contributed by atoms with van der Waals surface area (Å²) in [4.78, 5) is 11.8. The minimum absolute atomic E-state index is 0.0276. The molecule has 27 heavy (non-hydrogen) atoms. The second-order valence-electron chi connectivity index (χ2n) is 6.34. The zero-order chi connectivity index (χ0) is 18.9. The molecule has 0 atom stereocenters. The molecule has 0 aliphatic carbocycles. The Balaban J connectivity index is 1.22. The number of carbonyl (C=O) groups excluding carboxylic acids is 1. The molecule has 1 amide bonds. The number of nitrogens with one attached hydrogen (secondary N) is 1. The molecule has 0 bridgehead atoms. The van der Waals surface area contributed by atoms with Gasteiger partial charge in [0.25, 0.3) is 0 Å². The molecule has 1 aliphatic heterocycles. The van der Waals surface area contributed by atoms with Gasteiger partial charge in [-0.25, -0.2) is 0 Å². The topological polar surface area (TPSA) is 66.0 Å². The Morgan fingerprint density at radius 2 is 1.81 bits per heavy atom. The number of ether oxygens (including phenoxy) is 4. The summed E-state index contributed by atoms with van der Waals surface area (Å²) < 4.78 is 21.8. The lowest BCUT2D eigenvalue weighted by Gasteiger charge is -2.09. The van der Waals surface area contributed by atoms with E-state index in [9.17, 15) is 4.79 Å². The highest BCUT2D eigenvalue weighted by Gasteiger charge is 2.13. The van der Waals surface area contributed by atoms with Gasteiger partial charge in [-0.1, -0.05) is 12.1 Å². The summed E-state index contributed by atoms with van der Waals surface area (Å²) >= 11 is 0. The third-order valence-electron chi connectivity index (χ3n) is 4.09. The SMILES string of the molecule is Cc1cccc(OCCCCC(=O)NCCOc2ccc3c(c2)OCO3)c1. The van der Waals surface area contributed by atoms with Crippen LogP contribution in [0.5, 0.6) is 23.0 Å². The van der Waals surface area contributed by atoms with Gasteiger partial charge in [-0.05, 0) is 49.6 Å². The third kappa shape index (κ3) is 6.09. The summed E-state index contributed by atoms with van der Waals surface area (Å²) in [6.45, 7) is 3.76. The first-order valence-corrected chi connectivity index (χ1v) is 9.19. The second-order valence-corrected chi connectivity index (χ2v) is 6.34. The Hall–Kier alpha value is -2.89. The average Bonchev–Trinajstić information content (AvgIpc) is 3.13. The zero-order valence-corrected chi connectivity index (χ0v) is 15.5. The number of aryl methyl sites for hydroxylation is 1. The summed E-state index contributed by atoms with van der Waals surface area (Å²) in [5.74, 6) is 3.01. The number of carbonyl (C=O) groups is 1. The van der Waals surface area contributed by atoms with Gasteiger partial charge in [-0.3, -0.25) is 4.79 Å². The molecular formula is C21H25NO5. The number of amides is 1. The lowest BCUT2D eigenvalue weighted by molar-refractivity contribution is -0.121. The van der Waals surface area contributed by atoms with Crippen molar-refractivity contribution >= 4 is 5.91 Å². The fourth-order valence-electron chi connectivity index (χ4n) is 2.70. The van der Waals surface area contributed by atoms with Gasteiger partial charge in [0.2, 0.25) is 12.7 Å². The molecule has 1 heterocycles. The first-order chi connectivity index (χ1) is 13.2. The molecule has 2 aromatic carbocycles. The van der Waals surface area contributed by atoms with Crippen LogP contribution in [0, 0.1) is 6.92 Å². The zero-order valence-electron chi connectivity index (χ0n) is 15.5. The van der Waals surface area contributed by atoms with Crippen LogP contribution in [-0.2, 0) is 4.79 Å². The minimum atomic E-state index is 0.0276. The highest BCUT2D eigenvalue weighted by atomic mass is 16.7. The number of rotatable bonds is 10. The number of unbranched alkanes of at least 4 members (excludes halogenated alkanes) is 1. The van der Waals surface area contributed by atoms with E-state index in [0.29, 0.717) is 37.7 Å². The molecule has 0 saturated heterocycles. The van der Waals surface area contributed by atoms with E-state index in [1.807, 2.05) is 43.3 Å². The van der Waals surface area contributed by atoms with Crippen molar-refractivity contribution in [2.75, 3.05) is 26.6 Å². The van der Waals surface area contributed by atoms with E-state index < -0.39 is 0 Å². The Labute approximate surface area is 159 Å². The predicted molar refractivity (Wildman–Crippen MR) is 102 cm³/mol. The Kier molecular flexibility index (Phi) is 6.79. The standard InChI is InChI=1S/C21H25NO5/c1-16-5-4-6-17(13-16)24-11-3-2-7-21(23)22-10-12-25-18-8-9-19-20(14-18)27-15-26-19/h4-6,8-9,13-14H,2-3,7,10-12,15H2,1H3,(H,22,23). The van der Waals surface area contributed by atoms with E-state index in [1.165, 1.54) is 5.56 Å². The molecule has 1 N–H and O–H groups in total. The van der Waals surface area contributed by atoms with Crippen LogP contribution in [0.25, 0.3) is 0 Å². The average molecular weight is 371 g/mol. The lowest BCUT2D eigenvalue weighted by atomic mass is 10.2. The van der Waals surface area contributed by atoms with E-state index in [2.05, 4.69) is 5.32 Å². The molecule has 144 valence electrons. The number of benzene rings is 2. The first kappa shape index (κ1) is 18.9. The van der Waals surface area contributed by atoms with E-state index in [1.54, 1.807) is 6.07 Å². The molecular weight excluding hydrogens is 346 g/mol. The quantitative estimate of drug-likeness (QED) is 0.648. The third-order valence-corrected chi connectivity index (χ3v) is 4.09. The Morgan fingerprint density at radius 1 is 1.00 bits per heavy atom. The minimum Gasteiger partial charge on any atom is -0.494 e. The van der Waals surface area contributed by atoms with Crippen molar-refractivity contribution in [3.8, 4) is 23.0 Å². The maximum Gasteiger partial charge on any atom is 0.231 e. The molecule has 0 aromatic heterocycles. The number of fused-ring (bicyclic) bond motifs is 1. The largest absolute Gasteiger partial charge is 0.494 e. The van der Waals surface area contributed by atoms with Crippen LogP contribution >= 0.6 is 0 Å².